The number of hydrogen-bond acceptors (Lipinski definition) is 4. The Hall–Kier alpha value is -0.580. The Labute approximate surface area is 93.4 Å². The van der Waals surface area contributed by atoms with E-state index in [1.54, 1.807) is 0 Å². The standard InChI is InChI=1S/C8H10ClN3O.ClH/c9-6-3-11-8(12-4-6)13-7-1-2-10-5-7;/h3-4,7,10H,1-2,5H2;1H/t7-;/m0./s1. The van der Waals surface area contributed by atoms with Gasteiger partial charge in [-0.3, -0.25) is 0 Å². The summed E-state index contributed by atoms with van der Waals surface area (Å²) in [5.74, 6) is 0. The molecule has 4 nitrogen and oxygen atoms in total. The second kappa shape index (κ2) is 5.34. The predicted octanol–water partition coefficient (Wildman–Crippen LogP) is 1.29. The summed E-state index contributed by atoms with van der Waals surface area (Å²) in [5, 5.41) is 3.72. The molecule has 0 aromatic carbocycles. The van der Waals surface area contributed by atoms with E-state index < -0.39 is 0 Å². The second-order valence-electron chi connectivity index (χ2n) is 2.92. The first kappa shape index (κ1) is 11.5. The van der Waals surface area contributed by atoms with Gasteiger partial charge in [0.15, 0.2) is 0 Å². The third-order valence-corrected chi connectivity index (χ3v) is 2.08. The number of aromatic nitrogens is 2. The quantitative estimate of drug-likeness (QED) is 0.840. The number of hydrogen-bond donors (Lipinski definition) is 1. The Kier molecular flexibility index (Phi) is 4.38. The van der Waals surface area contributed by atoms with E-state index in [-0.39, 0.29) is 18.5 Å². The molecule has 1 N–H and O–H groups in total. The maximum Gasteiger partial charge on any atom is 0.316 e. The van der Waals surface area contributed by atoms with Gasteiger partial charge in [0.25, 0.3) is 0 Å². The molecule has 2 rings (SSSR count). The molecule has 1 aromatic rings. The summed E-state index contributed by atoms with van der Waals surface area (Å²) in [6, 6.07) is 0.401. The highest BCUT2D eigenvalue weighted by molar-refractivity contribution is 6.30. The molecule has 0 aliphatic carbocycles. The lowest BCUT2D eigenvalue weighted by atomic mass is 10.3. The third-order valence-electron chi connectivity index (χ3n) is 1.88. The van der Waals surface area contributed by atoms with E-state index in [1.807, 2.05) is 0 Å². The lowest BCUT2D eigenvalue weighted by Gasteiger charge is -2.09. The first-order chi connectivity index (χ1) is 6.34. The zero-order valence-electron chi connectivity index (χ0n) is 7.44. The molecule has 0 bridgehead atoms. The number of halogens is 2. The Bertz CT molecular complexity index is 274. The molecule has 78 valence electrons. The van der Waals surface area contributed by atoms with E-state index in [4.69, 9.17) is 16.3 Å². The summed E-state index contributed by atoms with van der Waals surface area (Å²) in [6.07, 6.45) is 4.27. The summed E-state index contributed by atoms with van der Waals surface area (Å²) in [4.78, 5) is 7.90. The van der Waals surface area contributed by atoms with Crippen LogP contribution in [-0.4, -0.2) is 29.2 Å². The van der Waals surface area contributed by atoms with E-state index in [2.05, 4.69) is 15.3 Å². The van der Waals surface area contributed by atoms with Gasteiger partial charge in [-0.15, -0.1) is 12.4 Å². The summed E-state index contributed by atoms with van der Waals surface area (Å²) < 4.78 is 5.49. The van der Waals surface area contributed by atoms with Gasteiger partial charge in [0.05, 0.1) is 17.4 Å². The highest BCUT2D eigenvalue weighted by atomic mass is 35.5. The van der Waals surface area contributed by atoms with Gasteiger partial charge in [-0.2, -0.15) is 0 Å². The van der Waals surface area contributed by atoms with Crippen LogP contribution in [0.15, 0.2) is 12.4 Å². The molecule has 2 heterocycles. The van der Waals surface area contributed by atoms with Gasteiger partial charge in [0.1, 0.15) is 6.10 Å². The van der Waals surface area contributed by atoms with Crippen molar-refractivity contribution < 1.29 is 4.74 Å². The van der Waals surface area contributed by atoms with E-state index in [0.29, 0.717) is 11.0 Å². The van der Waals surface area contributed by atoms with E-state index in [0.717, 1.165) is 19.5 Å². The Morgan fingerprint density at radius 3 is 2.71 bits per heavy atom. The molecule has 0 saturated carbocycles. The minimum atomic E-state index is 0. The number of ether oxygens (including phenoxy) is 1. The van der Waals surface area contributed by atoms with Crippen molar-refractivity contribution >= 4 is 24.0 Å². The van der Waals surface area contributed by atoms with Crippen LogP contribution in [0.25, 0.3) is 0 Å². The molecule has 6 heteroatoms. The molecule has 0 radical (unpaired) electrons. The fraction of sp³-hybridized carbons (Fsp3) is 0.500. The Morgan fingerprint density at radius 1 is 1.43 bits per heavy atom. The number of nitrogens with one attached hydrogen (secondary N) is 1. The van der Waals surface area contributed by atoms with Crippen LogP contribution < -0.4 is 10.1 Å². The maximum absolute atomic E-state index is 5.64. The maximum atomic E-state index is 5.64. The fourth-order valence-electron chi connectivity index (χ4n) is 1.24. The van der Waals surface area contributed by atoms with E-state index >= 15 is 0 Å². The van der Waals surface area contributed by atoms with Crippen LogP contribution >= 0.6 is 24.0 Å². The number of nitrogens with zero attached hydrogens (tertiary/aromatic N) is 2. The van der Waals surface area contributed by atoms with Crippen LogP contribution in [0.1, 0.15) is 6.42 Å². The topological polar surface area (TPSA) is 47.0 Å². The van der Waals surface area contributed by atoms with Crippen LogP contribution in [0, 0.1) is 0 Å². The number of rotatable bonds is 2. The van der Waals surface area contributed by atoms with Gasteiger partial charge in [-0.1, -0.05) is 11.6 Å². The molecule has 0 unspecified atom stereocenters. The Balaban J connectivity index is 0.000000980. The SMILES string of the molecule is Cl.Clc1cnc(O[C@H]2CCNC2)nc1. The van der Waals surface area contributed by atoms with Crippen LogP contribution in [0.5, 0.6) is 6.01 Å². The van der Waals surface area contributed by atoms with Gasteiger partial charge < -0.3 is 10.1 Å². The molecule has 1 aromatic heterocycles. The van der Waals surface area contributed by atoms with Gasteiger partial charge >= 0.3 is 6.01 Å². The molecule has 0 amide bonds. The molecular formula is C8H11Cl2N3O. The fourth-order valence-corrected chi connectivity index (χ4v) is 1.34. The lowest BCUT2D eigenvalue weighted by molar-refractivity contribution is 0.204. The van der Waals surface area contributed by atoms with Crippen LogP contribution in [-0.2, 0) is 0 Å². The summed E-state index contributed by atoms with van der Waals surface area (Å²) in [5.41, 5.74) is 0. The van der Waals surface area contributed by atoms with Crippen molar-refractivity contribution in [3.63, 3.8) is 0 Å². The average molecular weight is 236 g/mol. The van der Waals surface area contributed by atoms with Gasteiger partial charge in [0.2, 0.25) is 0 Å². The van der Waals surface area contributed by atoms with Crippen molar-refractivity contribution in [3.05, 3.63) is 17.4 Å². The van der Waals surface area contributed by atoms with Gasteiger partial charge in [0, 0.05) is 6.54 Å². The van der Waals surface area contributed by atoms with E-state index in [9.17, 15) is 0 Å². The van der Waals surface area contributed by atoms with Crippen molar-refractivity contribution in [1.82, 2.24) is 15.3 Å². The molecule has 0 spiro atoms. The Morgan fingerprint density at radius 2 is 2.14 bits per heavy atom. The highest BCUT2D eigenvalue weighted by Gasteiger charge is 2.16. The van der Waals surface area contributed by atoms with Crippen LogP contribution in [0.4, 0.5) is 0 Å². The molecule has 1 aliphatic heterocycles. The normalized spacial score (nSPS) is 20.2. The van der Waals surface area contributed by atoms with Gasteiger partial charge in [-0.05, 0) is 13.0 Å². The predicted molar refractivity (Wildman–Crippen MR) is 56.2 cm³/mol. The third kappa shape index (κ3) is 2.97. The lowest BCUT2D eigenvalue weighted by Crippen LogP contribution is -2.20. The second-order valence-corrected chi connectivity index (χ2v) is 3.35. The highest BCUT2D eigenvalue weighted by Crippen LogP contribution is 2.11. The van der Waals surface area contributed by atoms with Crippen LogP contribution in [0.3, 0.4) is 0 Å². The largest absolute Gasteiger partial charge is 0.459 e. The summed E-state index contributed by atoms with van der Waals surface area (Å²) >= 11 is 5.64. The van der Waals surface area contributed by atoms with Crippen molar-refractivity contribution in [1.29, 1.82) is 0 Å². The molecule has 1 atom stereocenters. The van der Waals surface area contributed by atoms with Crippen molar-refractivity contribution in [2.45, 2.75) is 12.5 Å². The van der Waals surface area contributed by atoms with Gasteiger partial charge in [-0.25, -0.2) is 9.97 Å². The summed E-state index contributed by atoms with van der Waals surface area (Å²) in [7, 11) is 0. The van der Waals surface area contributed by atoms with E-state index in [1.165, 1.54) is 12.4 Å². The first-order valence-corrected chi connectivity index (χ1v) is 4.57. The zero-order chi connectivity index (χ0) is 9.10. The van der Waals surface area contributed by atoms with Crippen LogP contribution in [0.2, 0.25) is 5.02 Å². The molecule has 1 fully saturated rings. The smallest absolute Gasteiger partial charge is 0.316 e. The van der Waals surface area contributed by atoms with Crippen molar-refractivity contribution in [3.8, 4) is 6.01 Å². The molecular weight excluding hydrogens is 225 g/mol. The molecule has 1 aliphatic rings. The average Bonchev–Trinajstić information content (AvgIpc) is 2.62. The summed E-state index contributed by atoms with van der Waals surface area (Å²) in [6.45, 7) is 1.87. The zero-order valence-corrected chi connectivity index (χ0v) is 9.01. The molecule has 14 heavy (non-hydrogen) atoms. The first-order valence-electron chi connectivity index (χ1n) is 4.19. The minimum Gasteiger partial charge on any atom is -0.459 e. The molecule has 1 saturated heterocycles. The van der Waals surface area contributed by atoms with Crippen molar-refractivity contribution in [2.24, 2.45) is 0 Å². The van der Waals surface area contributed by atoms with Crippen molar-refractivity contribution in [2.75, 3.05) is 13.1 Å². The minimum absolute atomic E-state index is 0. The monoisotopic (exact) mass is 235 g/mol.